The number of nitrogens with one attached hydrogen (secondary N) is 1. The van der Waals surface area contributed by atoms with Gasteiger partial charge in [-0.25, -0.2) is 0 Å². The number of anilines is 1. The minimum atomic E-state index is -2.79. The van der Waals surface area contributed by atoms with Crippen molar-refractivity contribution in [1.82, 2.24) is 4.98 Å². The van der Waals surface area contributed by atoms with E-state index in [0.29, 0.717) is 0 Å². The van der Waals surface area contributed by atoms with Gasteiger partial charge in [0.05, 0.1) is 11.6 Å². The van der Waals surface area contributed by atoms with Crippen LogP contribution < -0.4 is 10.1 Å². The Balaban J connectivity index is 1.98. The van der Waals surface area contributed by atoms with Gasteiger partial charge in [-0.05, 0) is 31.2 Å². The Morgan fingerprint density at radius 3 is 2.56 bits per heavy atom. The van der Waals surface area contributed by atoms with Crippen LogP contribution in [0.2, 0.25) is 0 Å². The number of thiazole rings is 1. The van der Waals surface area contributed by atoms with Gasteiger partial charge in [0.1, 0.15) is 5.75 Å². The Hall–Kier alpha value is -1.69. The van der Waals surface area contributed by atoms with E-state index in [1.54, 1.807) is 35.2 Å². The smallest absolute Gasteiger partial charge is 0.387 e. The highest BCUT2D eigenvalue weighted by atomic mass is 32.1. The zero-order valence-electron chi connectivity index (χ0n) is 9.64. The topological polar surface area (TPSA) is 34.1 Å². The number of aromatic nitrogens is 1. The van der Waals surface area contributed by atoms with Crippen LogP contribution in [0.3, 0.4) is 0 Å². The molecule has 0 aliphatic heterocycles. The van der Waals surface area contributed by atoms with Gasteiger partial charge in [0.25, 0.3) is 0 Å². The van der Waals surface area contributed by atoms with E-state index in [0.717, 1.165) is 10.6 Å². The Kier molecular flexibility index (Phi) is 4.09. The van der Waals surface area contributed by atoms with Crippen LogP contribution in [0.15, 0.2) is 36.0 Å². The number of rotatable bonds is 5. The van der Waals surface area contributed by atoms with E-state index in [2.05, 4.69) is 15.0 Å². The van der Waals surface area contributed by atoms with Crippen molar-refractivity contribution in [3.05, 3.63) is 40.8 Å². The Morgan fingerprint density at radius 1 is 1.28 bits per heavy atom. The molecular formula is C12H12F2N2OS. The lowest BCUT2D eigenvalue weighted by Gasteiger charge is -2.13. The summed E-state index contributed by atoms with van der Waals surface area (Å²) in [5, 5.41) is 3.25. The van der Waals surface area contributed by atoms with Gasteiger partial charge in [-0.1, -0.05) is 0 Å². The number of ether oxygens (including phenoxy) is 1. The summed E-state index contributed by atoms with van der Waals surface area (Å²) in [4.78, 5) is 5.12. The largest absolute Gasteiger partial charge is 0.435 e. The number of benzene rings is 1. The quantitative estimate of drug-likeness (QED) is 0.894. The van der Waals surface area contributed by atoms with Crippen LogP contribution in [0.5, 0.6) is 5.75 Å². The third-order valence-corrected chi connectivity index (χ3v) is 3.30. The molecule has 2 rings (SSSR count). The fourth-order valence-electron chi connectivity index (χ4n) is 1.49. The molecule has 0 fully saturated rings. The summed E-state index contributed by atoms with van der Waals surface area (Å²) >= 11 is 1.56. The molecule has 1 aromatic heterocycles. The van der Waals surface area contributed by atoms with Crippen LogP contribution in [0.1, 0.15) is 17.8 Å². The molecule has 0 aliphatic rings. The average molecular weight is 270 g/mol. The van der Waals surface area contributed by atoms with E-state index >= 15 is 0 Å². The lowest BCUT2D eigenvalue weighted by Crippen LogP contribution is -2.05. The van der Waals surface area contributed by atoms with Crippen LogP contribution in [0, 0.1) is 0 Å². The highest BCUT2D eigenvalue weighted by Gasteiger charge is 2.07. The van der Waals surface area contributed by atoms with Crippen molar-refractivity contribution >= 4 is 17.0 Å². The van der Waals surface area contributed by atoms with Crippen molar-refractivity contribution in [2.45, 2.75) is 19.6 Å². The van der Waals surface area contributed by atoms with Crippen molar-refractivity contribution in [1.29, 1.82) is 0 Å². The SMILES string of the molecule is CC(Nc1ccc(OC(F)F)cc1)c1cncs1. The third-order valence-electron chi connectivity index (χ3n) is 2.34. The van der Waals surface area contributed by atoms with E-state index in [9.17, 15) is 8.78 Å². The zero-order chi connectivity index (χ0) is 13.0. The Bertz CT molecular complexity index is 473. The van der Waals surface area contributed by atoms with Gasteiger partial charge >= 0.3 is 6.61 Å². The van der Waals surface area contributed by atoms with Crippen LogP contribution in [0.25, 0.3) is 0 Å². The van der Waals surface area contributed by atoms with Crippen molar-refractivity contribution in [2.24, 2.45) is 0 Å². The van der Waals surface area contributed by atoms with Gasteiger partial charge in [-0.15, -0.1) is 11.3 Å². The second kappa shape index (κ2) is 5.77. The predicted molar refractivity (Wildman–Crippen MR) is 67.2 cm³/mol. The summed E-state index contributed by atoms with van der Waals surface area (Å²) in [5.41, 5.74) is 2.62. The zero-order valence-corrected chi connectivity index (χ0v) is 10.5. The van der Waals surface area contributed by atoms with Gasteiger partial charge < -0.3 is 10.1 Å². The second-order valence-electron chi connectivity index (χ2n) is 3.67. The molecule has 0 saturated carbocycles. The number of alkyl halides is 2. The first-order valence-electron chi connectivity index (χ1n) is 5.35. The van der Waals surface area contributed by atoms with Crippen LogP contribution >= 0.6 is 11.3 Å². The van der Waals surface area contributed by atoms with E-state index in [-0.39, 0.29) is 11.8 Å². The fourth-order valence-corrected chi connectivity index (χ4v) is 2.12. The molecule has 0 radical (unpaired) electrons. The highest BCUT2D eigenvalue weighted by molar-refractivity contribution is 7.09. The van der Waals surface area contributed by atoms with Crippen molar-refractivity contribution in [2.75, 3.05) is 5.32 Å². The number of halogens is 2. The van der Waals surface area contributed by atoms with Crippen LogP contribution in [-0.4, -0.2) is 11.6 Å². The summed E-state index contributed by atoms with van der Waals surface area (Å²) in [5.74, 6) is 0.154. The minimum absolute atomic E-state index is 0.124. The average Bonchev–Trinajstić information content (AvgIpc) is 2.84. The Morgan fingerprint density at radius 2 is 2.00 bits per heavy atom. The molecule has 1 atom stereocenters. The molecule has 2 aromatic rings. The second-order valence-corrected chi connectivity index (χ2v) is 4.59. The minimum Gasteiger partial charge on any atom is -0.435 e. The van der Waals surface area contributed by atoms with E-state index in [1.807, 2.05) is 6.92 Å². The lowest BCUT2D eigenvalue weighted by molar-refractivity contribution is -0.0498. The molecule has 0 amide bonds. The third kappa shape index (κ3) is 3.40. The molecule has 0 spiro atoms. The van der Waals surface area contributed by atoms with Gasteiger partial charge in [0.15, 0.2) is 0 Å². The molecule has 3 nitrogen and oxygen atoms in total. The Labute approximate surface area is 107 Å². The molecule has 6 heteroatoms. The summed E-state index contributed by atoms with van der Waals surface area (Å²) in [6, 6.07) is 6.55. The van der Waals surface area contributed by atoms with Gasteiger partial charge in [-0.3, -0.25) is 4.98 Å². The molecule has 1 N–H and O–H groups in total. The molecule has 96 valence electrons. The number of hydrogen-bond acceptors (Lipinski definition) is 4. The van der Waals surface area contributed by atoms with Gasteiger partial charge in [-0.2, -0.15) is 8.78 Å². The summed E-state index contributed by atoms with van der Waals surface area (Å²) in [7, 11) is 0. The van der Waals surface area contributed by atoms with Crippen LogP contribution in [0.4, 0.5) is 14.5 Å². The van der Waals surface area contributed by atoms with Crippen molar-refractivity contribution in [3.63, 3.8) is 0 Å². The molecule has 0 aliphatic carbocycles. The number of hydrogen-bond donors (Lipinski definition) is 1. The van der Waals surface area contributed by atoms with E-state index < -0.39 is 6.61 Å². The molecule has 1 heterocycles. The molecule has 0 bridgehead atoms. The normalized spacial score (nSPS) is 12.4. The predicted octanol–water partition coefficient (Wildman–Crippen LogP) is 3.92. The highest BCUT2D eigenvalue weighted by Crippen LogP contribution is 2.23. The maximum absolute atomic E-state index is 12.0. The first kappa shape index (κ1) is 12.8. The van der Waals surface area contributed by atoms with Gasteiger partial charge in [0, 0.05) is 16.8 Å². The molecule has 1 aromatic carbocycles. The molecule has 1 unspecified atom stereocenters. The summed E-state index contributed by atoms with van der Waals surface area (Å²) in [6.07, 6.45) is 1.80. The van der Waals surface area contributed by atoms with Crippen molar-refractivity contribution < 1.29 is 13.5 Å². The first-order valence-corrected chi connectivity index (χ1v) is 6.23. The standard InChI is InChI=1S/C12H12F2N2OS/c1-8(11-6-15-7-18-11)16-9-2-4-10(5-3-9)17-12(13)14/h2-8,12,16H,1H3. The monoisotopic (exact) mass is 270 g/mol. The van der Waals surface area contributed by atoms with E-state index in [1.165, 1.54) is 12.1 Å². The fraction of sp³-hybridized carbons (Fsp3) is 0.250. The number of nitrogens with zero attached hydrogens (tertiary/aromatic N) is 1. The first-order chi connectivity index (χ1) is 8.65. The molecule has 18 heavy (non-hydrogen) atoms. The summed E-state index contributed by atoms with van der Waals surface area (Å²) < 4.78 is 28.2. The van der Waals surface area contributed by atoms with Gasteiger partial charge in [0.2, 0.25) is 0 Å². The maximum atomic E-state index is 12.0. The van der Waals surface area contributed by atoms with E-state index in [4.69, 9.17) is 0 Å². The van der Waals surface area contributed by atoms with Crippen molar-refractivity contribution in [3.8, 4) is 5.75 Å². The molecule has 0 saturated heterocycles. The van der Waals surface area contributed by atoms with Crippen LogP contribution in [-0.2, 0) is 0 Å². The summed E-state index contributed by atoms with van der Waals surface area (Å²) in [6.45, 7) is -0.781. The molecular weight excluding hydrogens is 258 g/mol. The lowest BCUT2D eigenvalue weighted by atomic mass is 10.2. The maximum Gasteiger partial charge on any atom is 0.387 e.